The van der Waals surface area contributed by atoms with Crippen LogP contribution in [0, 0.1) is 11.3 Å². The van der Waals surface area contributed by atoms with E-state index >= 15 is 0 Å². The van der Waals surface area contributed by atoms with Gasteiger partial charge in [-0.15, -0.1) is 0 Å². The van der Waals surface area contributed by atoms with Crippen molar-refractivity contribution in [1.82, 2.24) is 9.88 Å². The first-order valence-electron chi connectivity index (χ1n) is 8.44. The van der Waals surface area contributed by atoms with Crippen molar-refractivity contribution in [2.24, 2.45) is 0 Å². The molecule has 2 heterocycles. The van der Waals surface area contributed by atoms with Crippen LogP contribution in [-0.4, -0.2) is 46.0 Å². The summed E-state index contributed by atoms with van der Waals surface area (Å²) in [4.78, 5) is 18.5. The van der Waals surface area contributed by atoms with Gasteiger partial charge in [0.05, 0.1) is 22.7 Å². The molecular weight excluding hydrogens is 356 g/mol. The standard InChI is InChI=1S/C18H25ClN4O3/c1-11-14(10-22-15-13(19)7-12(8-20)9-21-15)23(18(5,6)25-11)16(24)26-17(2,3)4/h7,9,11,14H,10H2,1-6H3,(H,21,22). The van der Waals surface area contributed by atoms with Gasteiger partial charge in [-0.05, 0) is 47.6 Å². The number of nitriles is 1. The second kappa shape index (κ2) is 7.29. The number of aromatic nitrogens is 1. The van der Waals surface area contributed by atoms with Crippen molar-refractivity contribution in [3.05, 3.63) is 22.8 Å². The van der Waals surface area contributed by atoms with E-state index in [2.05, 4.69) is 10.3 Å². The second-order valence-corrected chi connectivity index (χ2v) is 8.14. The molecule has 2 rings (SSSR count). The number of halogens is 1. The van der Waals surface area contributed by atoms with Crippen LogP contribution in [-0.2, 0) is 9.47 Å². The normalized spacial score (nSPS) is 22.0. The average Bonchev–Trinajstić information content (AvgIpc) is 2.72. The Morgan fingerprint density at radius 3 is 2.73 bits per heavy atom. The largest absolute Gasteiger partial charge is 0.444 e. The molecule has 0 radical (unpaired) electrons. The Hall–Kier alpha value is -2.04. The maximum Gasteiger partial charge on any atom is 0.412 e. The Kier molecular flexibility index (Phi) is 5.69. The van der Waals surface area contributed by atoms with Gasteiger partial charge >= 0.3 is 6.09 Å². The summed E-state index contributed by atoms with van der Waals surface area (Å²) in [5, 5.41) is 12.4. The van der Waals surface area contributed by atoms with E-state index < -0.39 is 17.4 Å². The van der Waals surface area contributed by atoms with Crippen LogP contribution in [0.5, 0.6) is 0 Å². The van der Waals surface area contributed by atoms with E-state index in [-0.39, 0.29) is 12.1 Å². The van der Waals surface area contributed by atoms with Crippen LogP contribution in [0.25, 0.3) is 0 Å². The summed E-state index contributed by atoms with van der Waals surface area (Å²) in [7, 11) is 0. The van der Waals surface area contributed by atoms with Crippen LogP contribution in [0.3, 0.4) is 0 Å². The number of hydrogen-bond acceptors (Lipinski definition) is 6. The van der Waals surface area contributed by atoms with E-state index in [0.29, 0.717) is 22.9 Å². The van der Waals surface area contributed by atoms with Crippen LogP contribution in [0.2, 0.25) is 5.02 Å². The molecule has 1 fully saturated rings. The van der Waals surface area contributed by atoms with Crippen molar-refractivity contribution in [3.63, 3.8) is 0 Å². The van der Waals surface area contributed by atoms with Gasteiger partial charge in [-0.25, -0.2) is 9.78 Å². The minimum absolute atomic E-state index is 0.206. The van der Waals surface area contributed by atoms with Crippen LogP contribution < -0.4 is 5.32 Å². The first-order chi connectivity index (χ1) is 11.9. The highest BCUT2D eigenvalue weighted by atomic mass is 35.5. The quantitative estimate of drug-likeness (QED) is 0.858. The lowest BCUT2D eigenvalue weighted by Gasteiger charge is -2.35. The molecule has 8 heteroatoms. The van der Waals surface area contributed by atoms with Crippen LogP contribution >= 0.6 is 11.6 Å². The summed E-state index contributed by atoms with van der Waals surface area (Å²) in [6.07, 6.45) is 0.804. The molecule has 7 nitrogen and oxygen atoms in total. The van der Waals surface area contributed by atoms with E-state index in [0.717, 1.165) is 0 Å². The molecule has 2 atom stereocenters. The molecule has 1 saturated heterocycles. The first kappa shape index (κ1) is 20.3. The summed E-state index contributed by atoms with van der Waals surface area (Å²) in [6.45, 7) is 11.4. The topological polar surface area (TPSA) is 87.5 Å². The van der Waals surface area contributed by atoms with Crippen molar-refractivity contribution >= 4 is 23.5 Å². The van der Waals surface area contributed by atoms with Gasteiger partial charge < -0.3 is 14.8 Å². The number of nitrogens with one attached hydrogen (secondary N) is 1. The summed E-state index contributed by atoms with van der Waals surface area (Å²) in [5.41, 5.74) is -1.01. The zero-order valence-corrected chi connectivity index (χ0v) is 16.7. The average molecular weight is 381 g/mol. The third-order valence-electron chi connectivity index (χ3n) is 3.97. The number of rotatable bonds is 3. The molecule has 142 valence electrons. The SMILES string of the molecule is CC1OC(C)(C)N(C(=O)OC(C)(C)C)C1CNc1ncc(C#N)cc1Cl. The van der Waals surface area contributed by atoms with Gasteiger partial charge in [-0.1, -0.05) is 11.6 Å². The Morgan fingerprint density at radius 2 is 2.19 bits per heavy atom. The number of anilines is 1. The van der Waals surface area contributed by atoms with Crippen molar-refractivity contribution in [3.8, 4) is 6.07 Å². The predicted octanol–water partition coefficient (Wildman–Crippen LogP) is 3.78. The van der Waals surface area contributed by atoms with Crippen molar-refractivity contribution < 1.29 is 14.3 Å². The summed E-state index contributed by atoms with van der Waals surface area (Å²) in [5.74, 6) is 0.451. The fourth-order valence-electron chi connectivity index (χ4n) is 2.95. The molecule has 1 amide bonds. The van der Waals surface area contributed by atoms with E-state index in [4.69, 9.17) is 26.3 Å². The molecule has 0 saturated carbocycles. The Bertz CT molecular complexity index is 724. The first-order valence-corrected chi connectivity index (χ1v) is 8.82. The third kappa shape index (κ3) is 4.57. The molecule has 1 aliphatic heterocycles. The zero-order valence-electron chi connectivity index (χ0n) is 16.0. The highest BCUT2D eigenvalue weighted by Crippen LogP contribution is 2.34. The van der Waals surface area contributed by atoms with Gasteiger partial charge in [0.15, 0.2) is 0 Å². The van der Waals surface area contributed by atoms with Crippen molar-refractivity contribution in [1.29, 1.82) is 5.26 Å². The van der Waals surface area contributed by atoms with Gasteiger partial charge in [0.2, 0.25) is 0 Å². The predicted molar refractivity (Wildman–Crippen MR) is 98.9 cm³/mol. The number of pyridine rings is 1. The number of amides is 1. The maximum absolute atomic E-state index is 12.7. The lowest BCUT2D eigenvalue weighted by atomic mass is 10.1. The van der Waals surface area contributed by atoms with Crippen LogP contribution in [0.15, 0.2) is 12.3 Å². The Morgan fingerprint density at radius 1 is 1.54 bits per heavy atom. The maximum atomic E-state index is 12.7. The number of carbonyl (C=O) groups excluding carboxylic acids is 1. The Labute approximate surface area is 159 Å². The van der Waals surface area contributed by atoms with Gasteiger partial charge in [-0.3, -0.25) is 4.90 Å². The molecule has 2 unspecified atom stereocenters. The number of carbonyl (C=O) groups is 1. The van der Waals surface area contributed by atoms with Crippen LogP contribution in [0.4, 0.5) is 10.6 Å². The molecular formula is C18H25ClN4O3. The number of ether oxygens (including phenoxy) is 2. The van der Waals surface area contributed by atoms with Gasteiger partial charge in [0.1, 0.15) is 23.2 Å². The fraction of sp³-hybridized carbons (Fsp3) is 0.611. The van der Waals surface area contributed by atoms with E-state index in [1.165, 1.54) is 6.20 Å². The van der Waals surface area contributed by atoms with Crippen LogP contribution in [0.1, 0.15) is 47.1 Å². The molecule has 1 aromatic heterocycles. The molecule has 0 aromatic carbocycles. The second-order valence-electron chi connectivity index (χ2n) is 7.73. The number of hydrogen-bond donors (Lipinski definition) is 1. The molecule has 0 aliphatic carbocycles. The van der Waals surface area contributed by atoms with Crippen molar-refractivity contribution in [2.45, 2.75) is 65.0 Å². The third-order valence-corrected chi connectivity index (χ3v) is 4.26. The lowest BCUT2D eigenvalue weighted by Crippen LogP contribution is -2.52. The highest BCUT2D eigenvalue weighted by molar-refractivity contribution is 6.33. The minimum atomic E-state index is -0.796. The van der Waals surface area contributed by atoms with Gasteiger partial charge in [0.25, 0.3) is 0 Å². The molecule has 1 aliphatic rings. The van der Waals surface area contributed by atoms with E-state index in [9.17, 15) is 4.79 Å². The smallest absolute Gasteiger partial charge is 0.412 e. The molecule has 0 spiro atoms. The van der Waals surface area contributed by atoms with E-state index in [1.54, 1.807) is 11.0 Å². The molecule has 26 heavy (non-hydrogen) atoms. The van der Waals surface area contributed by atoms with Gasteiger partial charge in [0, 0.05) is 12.7 Å². The molecule has 0 bridgehead atoms. The Balaban J connectivity index is 2.17. The van der Waals surface area contributed by atoms with Gasteiger partial charge in [-0.2, -0.15) is 5.26 Å². The minimum Gasteiger partial charge on any atom is -0.444 e. The highest BCUT2D eigenvalue weighted by Gasteiger charge is 2.49. The fourth-order valence-corrected chi connectivity index (χ4v) is 3.19. The summed E-state index contributed by atoms with van der Waals surface area (Å²) >= 11 is 6.16. The monoisotopic (exact) mass is 380 g/mol. The summed E-state index contributed by atoms with van der Waals surface area (Å²) < 4.78 is 11.5. The van der Waals surface area contributed by atoms with Crippen molar-refractivity contribution in [2.75, 3.05) is 11.9 Å². The summed E-state index contributed by atoms with van der Waals surface area (Å²) in [6, 6.07) is 3.26. The zero-order chi connectivity index (χ0) is 19.7. The molecule has 1 aromatic rings. The van der Waals surface area contributed by atoms with E-state index in [1.807, 2.05) is 47.6 Å². The number of nitrogens with zero attached hydrogens (tertiary/aromatic N) is 3. The molecule has 1 N–H and O–H groups in total. The lowest BCUT2D eigenvalue weighted by molar-refractivity contribution is -0.0755.